The number of piperazine rings is 1. The van der Waals surface area contributed by atoms with Gasteiger partial charge in [-0.05, 0) is 43.2 Å². The third-order valence-electron chi connectivity index (χ3n) is 7.16. The standard InChI is InChI=1S/C26H34N4O2S/c1-19-4-6-20(7-5-19)16-29(18-23-3-2-14-33-23)22-15-24(26(32)28-12-10-27-11-13-28)30(17-22)25(31)21-8-9-21/h2-7,14,21-22,24,27H,8-13,15-18H2,1H3. The molecule has 33 heavy (non-hydrogen) atoms. The highest BCUT2D eigenvalue weighted by molar-refractivity contribution is 7.09. The first kappa shape index (κ1) is 22.6. The molecule has 0 radical (unpaired) electrons. The maximum atomic E-state index is 13.5. The van der Waals surface area contributed by atoms with Gasteiger partial charge in [-0.2, -0.15) is 0 Å². The predicted molar refractivity (Wildman–Crippen MR) is 131 cm³/mol. The number of carbonyl (C=O) groups excluding carboxylic acids is 2. The molecule has 176 valence electrons. The van der Waals surface area contributed by atoms with Gasteiger partial charge in [-0.3, -0.25) is 14.5 Å². The number of carbonyl (C=O) groups is 2. The third-order valence-corrected chi connectivity index (χ3v) is 8.03. The first-order valence-electron chi connectivity index (χ1n) is 12.2. The molecule has 1 saturated carbocycles. The molecule has 1 aromatic heterocycles. The summed E-state index contributed by atoms with van der Waals surface area (Å²) in [5.74, 6) is 0.460. The molecule has 1 aliphatic carbocycles. The Morgan fingerprint density at radius 3 is 2.48 bits per heavy atom. The summed E-state index contributed by atoms with van der Waals surface area (Å²) < 4.78 is 0. The topological polar surface area (TPSA) is 55.9 Å². The number of likely N-dealkylation sites (tertiary alicyclic amines) is 1. The van der Waals surface area contributed by atoms with Gasteiger partial charge in [-0.15, -0.1) is 11.3 Å². The summed E-state index contributed by atoms with van der Waals surface area (Å²) in [7, 11) is 0. The fourth-order valence-electron chi connectivity index (χ4n) is 5.06. The summed E-state index contributed by atoms with van der Waals surface area (Å²) in [5.41, 5.74) is 2.53. The van der Waals surface area contributed by atoms with Crippen molar-refractivity contribution in [1.82, 2.24) is 20.0 Å². The normalized spacial score (nSPS) is 23.3. The molecule has 2 aliphatic heterocycles. The van der Waals surface area contributed by atoms with Gasteiger partial charge >= 0.3 is 0 Å². The minimum absolute atomic E-state index is 0.130. The Balaban J connectivity index is 1.38. The fourth-order valence-corrected chi connectivity index (χ4v) is 5.79. The van der Waals surface area contributed by atoms with Crippen molar-refractivity contribution in [3.05, 3.63) is 57.8 Å². The number of nitrogens with zero attached hydrogens (tertiary/aromatic N) is 3. The van der Waals surface area contributed by atoms with Gasteiger partial charge in [-0.1, -0.05) is 35.9 Å². The average Bonchev–Trinajstić information content (AvgIpc) is 3.38. The van der Waals surface area contributed by atoms with Gasteiger partial charge in [0, 0.05) is 62.7 Å². The summed E-state index contributed by atoms with van der Waals surface area (Å²) in [4.78, 5) is 34.4. The molecule has 3 fully saturated rings. The molecule has 3 heterocycles. The van der Waals surface area contributed by atoms with Crippen LogP contribution in [0.2, 0.25) is 0 Å². The maximum absolute atomic E-state index is 13.5. The Morgan fingerprint density at radius 1 is 1.06 bits per heavy atom. The van der Waals surface area contributed by atoms with Crippen LogP contribution in [0.15, 0.2) is 41.8 Å². The predicted octanol–water partition coefficient (Wildman–Crippen LogP) is 2.87. The lowest BCUT2D eigenvalue weighted by Gasteiger charge is -2.32. The minimum Gasteiger partial charge on any atom is -0.338 e. The Morgan fingerprint density at radius 2 is 1.82 bits per heavy atom. The lowest BCUT2D eigenvalue weighted by Crippen LogP contribution is -2.53. The molecule has 1 N–H and O–H groups in total. The van der Waals surface area contributed by atoms with Crippen LogP contribution in [0, 0.1) is 12.8 Å². The summed E-state index contributed by atoms with van der Waals surface area (Å²) >= 11 is 1.77. The van der Waals surface area contributed by atoms with Gasteiger partial charge in [0.2, 0.25) is 11.8 Å². The van der Waals surface area contributed by atoms with E-state index in [9.17, 15) is 9.59 Å². The van der Waals surface area contributed by atoms with E-state index in [1.165, 1.54) is 16.0 Å². The van der Waals surface area contributed by atoms with Gasteiger partial charge in [0.15, 0.2) is 0 Å². The molecule has 0 spiro atoms. The van der Waals surface area contributed by atoms with Gasteiger partial charge < -0.3 is 15.1 Å². The number of amides is 2. The van der Waals surface area contributed by atoms with E-state index in [1.807, 2.05) is 9.80 Å². The molecule has 2 atom stereocenters. The van der Waals surface area contributed by atoms with E-state index in [0.717, 1.165) is 58.5 Å². The van der Waals surface area contributed by atoms with Crippen molar-refractivity contribution in [2.24, 2.45) is 5.92 Å². The number of nitrogens with one attached hydrogen (secondary N) is 1. The number of aryl methyl sites for hydroxylation is 1. The van der Waals surface area contributed by atoms with Crippen LogP contribution in [0.1, 0.15) is 35.3 Å². The smallest absolute Gasteiger partial charge is 0.245 e. The quantitative estimate of drug-likeness (QED) is 0.682. The molecule has 2 unspecified atom stereocenters. The van der Waals surface area contributed by atoms with Crippen molar-refractivity contribution < 1.29 is 9.59 Å². The van der Waals surface area contributed by atoms with Crippen LogP contribution in [0.25, 0.3) is 0 Å². The van der Waals surface area contributed by atoms with E-state index in [2.05, 4.69) is 58.9 Å². The second-order valence-corrected chi connectivity index (χ2v) is 10.7. The molecule has 2 aromatic rings. The van der Waals surface area contributed by atoms with Crippen molar-refractivity contribution in [1.29, 1.82) is 0 Å². The number of thiophene rings is 1. The van der Waals surface area contributed by atoms with Crippen LogP contribution in [0.5, 0.6) is 0 Å². The minimum atomic E-state index is -0.329. The molecule has 5 rings (SSSR count). The van der Waals surface area contributed by atoms with Crippen molar-refractivity contribution >= 4 is 23.2 Å². The molecule has 0 bridgehead atoms. The first-order chi connectivity index (χ1) is 16.1. The highest BCUT2D eigenvalue weighted by atomic mass is 32.1. The maximum Gasteiger partial charge on any atom is 0.245 e. The van der Waals surface area contributed by atoms with Crippen LogP contribution >= 0.6 is 11.3 Å². The number of benzene rings is 1. The molecule has 6 nitrogen and oxygen atoms in total. The zero-order valence-corrected chi connectivity index (χ0v) is 20.2. The Bertz CT molecular complexity index is 951. The fraction of sp³-hybridized carbons (Fsp3) is 0.538. The van der Waals surface area contributed by atoms with Gasteiger partial charge in [0.05, 0.1) is 0 Å². The van der Waals surface area contributed by atoms with Crippen LogP contribution in [0.3, 0.4) is 0 Å². The molecule has 1 aromatic carbocycles. The summed E-state index contributed by atoms with van der Waals surface area (Å²) in [6, 6.07) is 12.8. The van der Waals surface area contributed by atoms with Crippen LogP contribution in [0.4, 0.5) is 0 Å². The third kappa shape index (κ3) is 5.31. The zero-order valence-electron chi connectivity index (χ0n) is 19.4. The van der Waals surface area contributed by atoms with Gasteiger partial charge in [-0.25, -0.2) is 0 Å². The second kappa shape index (κ2) is 9.95. The van der Waals surface area contributed by atoms with E-state index in [4.69, 9.17) is 0 Å². The highest BCUT2D eigenvalue weighted by Crippen LogP contribution is 2.35. The van der Waals surface area contributed by atoms with Crippen LogP contribution in [-0.4, -0.2) is 71.3 Å². The molecule has 2 amide bonds. The van der Waals surface area contributed by atoms with Crippen molar-refractivity contribution in [3.63, 3.8) is 0 Å². The van der Waals surface area contributed by atoms with Crippen molar-refractivity contribution in [2.45, 2.75) is 51.4 Å². The summed E-state index contributed by atoms with van der Waals surface area (Å²) in [6.07, 6.45) is 2.66. The van der Waals surface area contributed by atoms with Crippen LogP contribution in [-0.2, 0) is 22.7 Å². The lowest BCUT2D eigenvalue weighted by atomic mass is 10.1. The lowest BCUT2D eigenvalue weighted by molar-refractivity contribution is -0.144. The van der Waals surface area contributed by atoms with Crippen molar-refractivity contribution in [2.75, 3.05) is 32.7 Å². The molecule has 7 heteroatoms. The van der Waals surface area contributed by atoms with Crippen molar-refractivity contribution in [3.8, 4) is 0 Å². The zero-order chi connectivity index (χ0) is 22.8. The highest BCUT2D eigenvalue weighted by Gasteiger charge is 2.46. The molecule has 3 aliphatic rings. The molecule has 2 saturated heterocycles. The Labute approximate surface area is 200 Å². The summed E-state index contributed by atoms with van der Waals surface area (Å²) in [5, 5.41) is 5.44. The van der Waals surface area contributed by atoms with E-state index in [-0.39, 0.29) is 29.8 Å². The Kier molecular flexibility index (Phi) is 6.81. The Hall–Kier alpha value is -2.22. The van der Waals surface area contributed by atoms with E-state index in [1.54, 1.807) is 11.3 Å². The number of rotatable bonds is 7. The number of hydrogen-bond acceptors (Lipinski definition) is 5. The van der Waals surface area contributed by atoms with Gasteiger partial charge in [0.1, 0.15) is 6.04 Å². The van der Waals surface area contributed by atoms with E-state index < -0.39 is 0 Å². The van der Waals surface area contributed by atoms with E-state index in [0.29, 0.717) is 6.54 Å². The molecular formula is C26H34N4O2S. The van der Waals surface area contributed by atoms with E-state index >= 15 is 0 Å². The van der Waals surface area contributed by atoms with Gasteiger partial charge in [0.25, 0.3) is 0 Å². The SMILES string of the molecule is Cc1ccc(CN(Cc2cccs2)C2CC(C(=O)N3CCNCC3)N(C(=O)C3CC3)C2)cc1. The average molecular weight is 467 g/mol. The monoisotopic (exact) mass is 466 g/mol. The molecular weight excluding hydrogens is 432 g/mol. The summed E-state index contributed by atoms with van der Waals surface area (Å²) in [6.45, 7) is 7.54. The first-order valence-corrected chi connectivity index (χ1v) is 13.1. The second-order valence-electron chi connectivity index (χ2n) is 9.72. The largest absolute Gasteiger partial charge is 0.338 e. The van der Waals surface area contributed by atoms with Crippen LogP contribution < -0.4 is 5.32 Å². The number of hydrogen-bond donors (Lipinski definition) is 1.